The molecule has 15 heavy (non-hydrogen) atoms. The summed E-state index contributed by atoms with van der Waals surface area (Å²) < 4.78 is 0. The Labute approximate surface area is 93.6 Å². The topological polar surface area (TPSA) is 54.7 Å². The highest BCUT2D eigenvalue weighted by atomic mass is 35.5. The van der Waals surface area contributed by atoms with Crippen molar-refractivity contribution in [2.45, 2.75) is 13.3 Å². The Hall–Kier alpha value is -1.06. The molecule has 1 aromatic carbocycles. The van der Waals surface area contributed by atoms with Gasteiger partial charge in [-0.15, -0.1) is 0 Å². The molecule has 0 aliphatic heterocycles. The lowest BCUT2D eigenvalue weighted by Gasteiger charge is -2.03. The molecular formula is C11H14ClN3. The first kappa shape index (κ1) is 10.5. The van der Waals surface area contributed by atoms with Crippen LogP contribution in [0.15, 0.2) is 18.2 Å². The molecule has 0 radical (unpaired) electrons. The number of imidazole rings is 1. The summed E-state index contributed by atoms with van der Waals surface area (Å²) in [6, 6.07) is 5.66. The van der Waals surface area contributed by atoms with Crippen molar-refractivity contribution < 1.29 is 0 Å². The molecule has 0 saturated carbocycles. The van der Waals surface area contributed by atoms with E-state index in [9.17, 15) is 0 Å². The number of aromatic amines is 1. The Morgan fingerprint density at radius 3 is 3.07 bits per heavy atom. The van der Waals surface area contributed by atoms with Crippen LogP contribution in [0.4, 0.5) is 0 Å². The highest BCUT2D eigenvalue weighted by Crippen LogP contribution is 2.18. The number of benzene rings is 1. The largest absolute Gasteiger partial charge is 0.342 e. The van der Waals surface area contributed by atoms with E-state index >= 15 is 0 Å². The van der Waals surface area contributed by atoms with E-state index < -0.39 is 0 Å². The van der Waals surface area contributed by atoms with Gasteiger partial charge in [-0.2, -0.15) is 0 Å². The SMILES string of the molecule is CC(CN)Cc1nc2ccc(Cl)cc2[nH]1. The van der Waals surface area contributed by atoms with Gasteiger partial charge in [0.15, 0.2) is 0 Å². The lowest BCUT2D eigenvalue weighted by Crippen LogP contribution is -2.13. The van der Waals surface area contributed by atoms with E-state index in [1.54, 1.807) is 0 Å². The molecular weight excluding hydrogens is 210 g/mol. The van der Waals surface area contributed by atoms with Crippen LogP contribution in [0.2, 0.25) is 5.02 Å². The van der Waals surface area contributed by atoms with Gasteiger partial charge in [0.1, 0.15) is 5.82 Å². The van der Waals surface area contributed by atoms with E-state index in [0.29, 0.717) is 12.5 Å². The van der Waals surface area contributed by atoms with Crippen LogP contribution in [-0.4, -0.2) is 16.5 Å². The van der Waals surface area contributed by atoms with Gasteiger partial charge in [-0.3, -0.25) is 0 Å². The highest BCUT2D eigenvalue weighted by molar-refractivity contribution is 6.31. The van der Waals surface area contributed by atoms with E-state index in [1.807, 2.05) is 18.2 Å². The molecule has 0 bridgehead atoms. The summed E-state index contributed by atoms with van der Waals surface area (Å²) in [6.45, 7) is 2.79. The second-order valence-corrected chi connectivity index (χ2v) is 4.33. The minimum absolute atomic E-state index is 0.445. The Morgan fingerprint density at radius 2 is 2.33 bits per heavy atom. The van der Waals surface area contributed by atoms with Crippen LogP contribution in [0.1, 0.15) is 12.7 Å². The molecule has 3 nitrogen and oxygen atoms in total. The summed E-state index contributed by atoms with van der Waals surface area (Å²) in [7, 11) is 0. The number of halogens is 1. The number of fused-ring (bicyclic) bond motifs is 1. The summed E-state index contributed by atoms with van der Waals surface area (Å²) in [5.74, 6) is 1.42. The fourth-order valence-corrected chi connectivity index (χ4v) is 1.72. The number of nitrogens with zero attached hydrogens (tertiary/aromatic N) is 1. The maximum atomic E-state index is 5.89. The first-order chi connectivity index (χ1) is 7.19. The van der Waals surface area contributed by atoms with Crippen LogP contribution < -0.4 is 5.73 Å². The van der Waals surface area contributed by atoms with E-state index in [-0.39, 0.29) is 0 Å². The number of H-pyrrole nitrogens is 1. The zero-order chi connectivity index (χ0) is 10.8. The van der Waals surface area contributed by atoms with Gasteiger partial charge in [0, 0.05) is 11.4 Å². The number of rotatable bonds is 3. The third-order valence-corrected chi connectivity index (χ3v) is 2.67. The van der Waals surface area contributed by atoms with Crippen molar-refractivity contribution in [3.63, 3.8) is 0 Å². The van der Waals surface area contributed by atoms with Gasteiger partial charge in [-0.1, -0.05) is 18.5 Å². The summed E-state index contributed by atoms with van der Waals surface area (Å²) in [5.41, 5.74) is 7.52. The number of hydrogen-bond acceptors (Lipinski definition) is 2. The van der Waals surface area contributed by atoms with Crippen LogP contribution in [0.25, 0.3) is 11.0 Å². The van der Waals surface area contributed by atoms with Crippen LogP contribution in [0, 0.1) is 5.92 Å². The van der Waals surface area contributed by atoms with Gasteiger partial charge in [0.25, 0.3) is 0 Å². The minimum atomic E-state index is 0.445. The summed E-state index contributed by atoms with van der Waals surface area (Å²) in [5, 5.41) is 0.726. The predicted molar refractivity (Wildman–Crippen MR) is 63.0 cm³/mol. The third kappa shape index (κ3) is 2.30. The van der Waals surface area contributed by atoms with E-state index in [4.69, 9.17) is 17.3 Å². The molecule has 1 unspecified atom stereocenters. The summed E-state index contributed by atoms with van der Waals surface area (Å²) >= 11 is 5.89. The molecule has 0 amide bonds. The van der Waals surface area contributed by atoms with Crippen LogP contribution >= 0.6 is 11.6 Å². The maximum Gasteiger partial charge on any atom is 0.107 e. The van der Waals surface area contributed by atoms with Crippen LogP contribution in [-0.2, 0) is 6.42 Å². The zero-order valence-electron chi connectivity index (χ0n) is 8.63. The second-order valence-electron chi connectivity index (χ2n) is 3.89. The molecule has 2 rings (SSSR count). The van der Waals surface area contributed by atoms with Gasteiger partial charge in [-0.05, 0) is 30.7 Å². The molecule has 80 valence electrons. The second kappa shape index (κ2) is 4.21. The Bertz CT molecular complexity index is 464. The van der Waals surface area contributed by atoms with Crippen molar-refractivity contribution >= 4 is 22.6 Å². The van der Waals surface area contributed by atoms with Crippen molar-refractivity contribution in [3.05, 3.63) is 29.0 Å². The number of nitrogens with one attached hydrogen (secondary N) is 1. The normalized spacial score (nSPS) is 13.3. The average molecular weight is 224 g/mol. The van der Waals surface area contributed by atoms with Gasteiger partial charge < -0.3 is 10.7 Å². The zero-order valence-corrected chi connectivity index (χ0v) is 9.38. The van der Waals surface area contributed by atoms with Gasteiger partial charge in [0.2, 0.25) is 0 Å². The van der Waals surface area contributed by atoms with Gasteiger partial charge in [0.05, 0.1) is 11.0 Å². The number of nitrogens with two attached hydrogens (primary N) is 1. The van der Waals surface area contributed by atoms with Crippen molar-refractivity contribution in [2.24, 2.45) is 11.7 Å². The Kier molecular flexibility index (Phi) is 2.93. The Balaban J connectivity index is 2.30. The van der Waals surface area contributed by atoms with Gasteiger partial charge in [-0.25, -0.2) is 4.98 Å². The third-order valence-electron chi connectivity index (χ3n) is 2.44. The van der Waals surface area contributed by atoms with Crippen molar-refractivity contribution in [3.8, 4) is 0 Å². The average Bonchev–Trinajstić information content (AvgIpc) is 2.59. The molecule has 1 atom stereocenters. The molecule has 4 heteroatoms. The standard InChI is InChI=1S/C11H14ClN3/c1-7(6-13)4-11-14-9-3-2-8(12)5-10(9)15-11/h2-3,5,7H,4,6,13H2,1H3,(H,14,15). The van der Waals surface area contributed by atoms with Gasteiger partial charge >= 0.3 is 0 Å². The van der Waals surface area contributed by atoms with Crippen molar-refractivity contribution in [1.82, 2.24) is 9.97 Å². The molecule has 0 saturated heterocycles. The van der Waals surface area contributed by atoms with Crippen molar-refractivity contribution in [1.29, 1.82) is 0 Å². The maximum absolute atomic E-state index is 5.89. The quantitative estimate of drug-likeness (QED) is 0.840. The molecule has 1 heterocycles. The molecule has 0 aliphatic rings. The first-order valence-corrected chi connectivity index (χ1v) is 5.41. The Morgan fingerprint density at radius 1 is 1.53 bits per heavy atom. The molecule has 1 aromatic heterocycles. The first-order valence-electron chi connectivity index (χ1n) is 5.03. The van der Waals surface area contributed by atoms with E-state index in [0.717, 1.165) is 28.3 Å². The fourth-order valence-electron chi connectivity index (χ4n) is 1.54. The molecule has 0 fully saturated rings. The summed E-state index contributed by atoms with van der Waals surface area (Å²) in [4.78, 5) is 7.72. The lowest BCUT2D eigenvalue weighted by atomic mass is 10.1. The van der Waals surface area contributed by atoms with E-state index in [1.165, 1.54) is 0 Å². The number of hydrogen-bond donors (Lipinski definition) is 2. The molecule has 2 aromatic rings. The van der Waals surface area contributed by atoms with Crippen LogP contribution in [0.3, 0.4) is 0 Å². The molecule has 3 N–H and O–H groups in total. The number of aromatic nitrogens is 2. The van der Waals surface area contributed by atoms with Crippen molar-refractivity contribution in [2.75, 3.05) is 6.54 Å². The van der Waals surface area contributed by atoms with Crippen LogP contribution in [0.5, 0.6) is 0 Å². The fraction of sp³-hybridized carbons (Fsp3) is 0.364. The smallest absolute Gasteiger partial charge is 0.107 e. The monoisotopic (exact) mass is 223 g/mol. The molecule has 0 aliphatic carbocycles. The lowest BCUT2D eigenvalue weighted by molar-refractivity contribution is 0.578. The van der Waals surface area contributed by atoms with E-state index in [2.05, 4.69) is 16.9 Å². The minimum Gasteiger partial charge on any atom is -0.342 e. The highest BCUT2D eigenvalue weighted by Gasteiger charge is 2.06. The molecule has 0 spiro atoms. The predicted octanol–water partition coefficient (Wildman–Crippen LogP) is 2.35. The summed E-state index contributed by atoms with van der Waals surface area (Å²) in [6.07, 6.45) is 0.878.